The van der Waals surface area contributed by atoms with Gasteiger partial charge in [0.25, 0.3) is 5.88 Å². The molecule has 0 bridgehead atoms. The molecular formula is C24H28N6O3. The second kappa shape index (κ2) is 9.21. The fourth-order valence-corrected chi connectivity index (χ4v) is 4.36. The molecule has 1 saturated heterocycles. The molecule has 3 aromatic heterocycles. The number of nitrogens with zero attached hydrogens (tertiary/aromatic N) is 5. The zero-order valence-electron chi connectivity index (χ0n) is 18.7. The number of fused-ring (bicyclic) bond motifs is 2. The second-order valence-corrected chi connectivity index (χ2v) is 8.22. The maximum atomic E-state index is 9.20. The normalized spacial score (nSPS) is 17.6. The summed E-state index contributed by atoms with van der Waals surface area (Å²) >= 11 is 0. The van der Waals surface area contributed by atoms with Gasteiger partial charge in [0.05, 0.1) is 29.2 Å². The van der Waals surface area contributed by atoms with Crippen LogP contribution in [0.4, 0.5) is 5.69 Å². The lowest BCUT2D eigenvalue weighted by Gasteiger charge is -2.21. The predicted octanol–water partition coefficient (Wildman–Crippen LogP) is 2.65. The fraction of sp³-hybridized carbons (Fsp3) is 0.375. The predicted molar refractivity (Wildman–Crippen MR) is 127 cm³/mol. The Morgan fingerprint density at radius 3 is 2.79 bits per heavy atom. The summed E-state index contributed by atoms with van der Waals surface area (Å²) in [5, 5.41) is 22.5. The molecule has 3 aromatic rings. The number of nitrogens with one attached hydrogen (secondary N) is 1. The first kappa shape index (κ1) is 21.4. The molecule has 0 saturated carbocycles. The number of aliphatic hydroxyl groups is 1. The van der Waals surface area contributed by atoms with Gasteiger partial charge >= 0.3 is 0 Å². The molecule has 2 aliphatic rings. The first-order chi connectivity index (χ1) is 16.2. The van der Waals surface area contributed by atoms with Crippen molar-refractivity contribution in [3.8, 4) is 5.88 Å². The average Bonchev–Trinajstić information content (AvgIpc) is 3.55. The summed E-state index contributed by atoms with van der Waals surface area (Å²) in [6.07, 6.45) is 8.08. The van der Waals surface area contributed by atoms with Crippen LogP contribution >= 0.6 is 0 Å². The molecule has 9 nitrogen and oxygen atoms in total. The molecule has 33 heavy (non-hydrogen) atoms. The van der Waals surface area contributed by atoms with Crippen LogP contribution in [-0.2, 0) is 11.8 Å². The van der Waals surface area contributed by atoms with Crippen molar-refractivity contribution in [1.82, 2.24) is 19.1 Å². The largest absolute Gasteiger partial charge is 0.490 e. The molecule has 1 aliphatic carbocycles. The Morgan fingerprint density at radius 1 is 1.12 bits per heavy atom. The van der Waals surface area contributed by atoms with Crippen molar-refractivity contribution in [3.05, 3.63) is 54.0 Å². The van der Waals surface area contributed by atoms with Crippen LogP contribution in [0.15, 0.2) is 47.7 Å². The van der Waals surface area contributed by atoms with Crippen LogP contribution in [0, 0.1) is 5.41 Å². The van der Waals surface area contributed by atoms with Gasteiger partial charge in [-0.05, 0) is 44.1 Å². The Kier molecular flexibility index (Phi) is 5.97. The molecule has 0 aromatic carbocycles. The summed E-state index contributed by atoms with van der Waals surface area (Å²) in [6.45, 7) is 3.71. The number of rotatable bonds is 8. The fourth-order valence-electron chi connectivity index (χ4n) is 4.36. The zero-order valence-corrected chi connectivity index (χ0v) is 18.7. The molecule has 1 fully saturated rings. The van der Waals surface area contributed by atoms with Gasteiger partial charge in [0.1, 0.15) is 19.0 Å². The maximum absolute atomic E-state index is 9.20. The van der Waals surface area contributed by atoms with E-state index in [1.807, 2.05) is 54.3 Å². The number of pyridine rings is 1. The summed E-state index contributed by atoms with van der Waals surface area (Å²) in [5.41, 5.74) is 3.75. The van der Waals surface area contributed by atoms with Crippen molar-refractivity contribution >= 4 is 28.4 Å². The molecular weight excluding hydrogens is 420 g/mol. The highest BCUT2D eigenvalue weighted by molar-refractivity contribution is 6.54. The number of ether oxygens (including phenoxy) is 2. The zero-order chi connectivity index (χ0) is 22.8. The van der Waals surface area contributed by atoms with E-state index in [1.54, 1.807) is 4.52 Å². The Balaban J connectivity index is 1.51. The lowest BCUT2D eigenvalue weighted by atomic mass is 9.98. The number of allylic oxidation sites excluding steroid dienone is 1. The lowest BCUT2D eigenvalue weighted by Crippen LogP contribution is -2.25. The van der Waals surface area contributed by atoms with Crippen molar-refractivity contribution in [3.63, 3.8) is 0 Å². The third kappa shape index (κ3) is 4.17. The van der Waals surface area contributed by atoms with Gasteiger partial charge in [0.2, 0.25) is 0 Å². The minimum Gasteiger partial charge on any atom is -0.490 e. The lowest BCUT2D eigenvalue weighted by molar-refractivity contribution is 0.197. The van der Waals surface area contributed by atoms with Gasteiger partial charge in [0, 0.05) is 37.6 Å². The molecule has 0 spiro atoms. The quantitative estimate of drug-likeness (QED) is 0.552. The van der Waals surface area contributed by atoms with Crippen LogP contribution in [0.5, 0.6) is 5.88 Å². The van der Waals surface area contributed by atoms with Crippen LogP contribution in [0.1, 0.15) is 24.1 Å². The molecule has 0 atom stereocenters. The van der Waals surface area contributed by atoms with Crippen LogP contribution in [-0.4, -0.2) is 75.1 Å². The first-order valence-electron chi connectivity index (χ1n) is 11.3. The van der Waals surface area contributed by atoms with Crippen LogP contribution in [0.25, 0.3) is 11.3 Å². The van der Waals surface area contributed by atoms with E-state index in [4.69, 9.17) is 19.9 Å². The third-order valence-electron chi connectivity index (χ3n) is 6.01. The SMILES string of the molecule is Cn1ccc2c1C(OCCN1CCCC1)=CC(=Nc1c(OCCO)nn3ccccc13)C2=N. The molecule has 5 rings (SSSR count). The highest BCUT2D eigenvalue weighted by atomic mass is 16.5. The third-order valence-corrected chi connectivity index (χ3v) is 6.01. The summed E-state index contributed by atoms with van der Waals surface area (Å²) in [4.78, 5) is 7.22. The Labute approximate surface area is 192 Å². The van der Waals surface area contributed by atoms with Gasteiger partial charge < -0.3 is 19.1 Å². The van der Waals surface area contributed by atoms with E-state index in [1.165, 1.54) is 12.8 Å². The average molecular weight is 449 g/mol. The van der Waals surface area contributed by atoms with Gasteiger partial charge in [-0.25, -0.2) is 9.51 Å². The van der Waals surface area contributed by atoms with E-state index in [9.17, 15) is 5.11 Å². The van der Waals surface area contributed by atoms with Gasteiger partial charge in [0.15, 0.2) is 5.69 Å². The maximum Gasteiger partial charge on any atom is 0.260 e. The van der Waals surface area contributed by atoms with Crippen molar-refractivity contribution in [2.45, 2.75) is 12.8 Å². The van der Waals surface area contributed by atoms with Crippen molar-refractivity contribution in [1.29, 1.82) is 5.41 Å². The highest BCUT2D eigenvalue weighted by Gasteiger charge is 2.27. The Morgan fingerprint density at radius 2 is 1.97 bits per heavy atom. The number of hydrogen-bond donors (Lipinski definition) is 2. The summed E-state index contributed by atoms with van der Waals surface area (Å²) in [7, 11) is 1.96. The number of hydrogen-bond acceptors (Lipinski definition) is 7. The Hall–Kier alpha value is -3.43. The molecule has 9 heteroatoms. The monoisotopic (exact) mass is 448 g/mol. The van der Waals surface area contributed by atoms with Gasteiger partial charge in [-0.15, -0.1) is 5.10 Å². The van der Waals surface area contributed by atoms with Gasteiger partial charge in [-0.1, -0.05) is 6.07 Å². The topological polar surface area (TPSA) is 100 Å². The van der Waals surface area contributed by atoms with Crippen molar-refractivity contribution in [2.75, 3.05) is 39.5 Å². The van der Waals surface area contributed by atoms with Crippen molar-refractivity contribution < 1.29 is 14.6 Å². The Bertz CT molecular complexity index is 1230. The standard InChI is InChI=1S/C24H28N6O3/c1-28-11-7-17-21(25)18(16-20(23(17)28)32-14-12-29-8-4-5-9-29)26-22-19-6-2-3-10-30(19)27-24(22)33-15-13-31/h2-3,6-7,10-11,16,25,31H,4-5,8-9,12-15H2,1H3. The van der Waals surface area contributed by atoms with Gasteiger partial charge in [-0.2, -0.15) is 0 Å². The number of aliphatic imine (C=N–C) groups is 1. The van der Waals surface area contributed by atoms with E-state index >= 15 is 0 Å². The number of aliphatic hydroxyl groups excluding tert-OH is 1. The summed E-state index contributed by atoms with van der Waals surface area (Å²) in [5.74, 6) is 1.03. The summed E-state index contributed by atoms with van der Waals surface area (Å²) in [6, 6.07) is 7.59. The van der Waals surface area contributed by atoms with Crippen LogP contribution in [0.3, 0.4) is 0 Å². The molecule has 4 heterocycles. The van der Waals surface area contributed by atoms with Crippen LogP contribution in [0.2, 0.25) is 0 Å². The molecule has 0 radical (unpaired) electrons. The van der Waals surface area contributed by atoms with Crippen molar-refractivity contribution in [2.24, 2.45) is 12.0 Å². The van der Waals surface area contributed by atoms with E-state index in [2.05, 4.69) is 10.00 Å². The smallest absolute Gasteiger partial charge is 0.260 e. The second-order valence-electron chi connectivity index (χ2n) is 8.22. The van der Waals surface area contributed by atoms with E-state index in [0.717, 1.165) is 36.4 Å². The minimum absolute atomic E-state index is 0.114. The van der Waals surface area contributed by atoms with Crippen LogP contribution < -0.4 is 4.74 Å². The molecule has 2 N–H and O–H groups in total. The highest BCUT2D eigenvalue weighted by Crippen LogP contribution is 2.34. The van der Waals surface area contributed by atoms with E-state index < -0.39 is 0 Å². The van der Waals surface area contributed by atoms with E-state index in [-0.39, 0.29) is 13.2 Å². The number of aromatic nitrogens is 3. The number of likely N-dealkylation sites (tertiary alicyclic amines) is 1. The number of aryl methyl sites for hydroxylation is 1. The minimum atomic E-state index is -0.123. The van der Waals surface area contributed by atoms with E-state index in [0.29, 0.717) is 35.4 Å². The molecule has 172 valence electrons. The molecule has 0 unspecified atom stereocenters. The summed E-state index contributed by atoms with van der Waals surface area (Å²) < 4.78 is 15.5. The molecule has 0 amide bonds. The van der Waals surface area contributed by atoms with Gasteiger partial charge in [-0.3, -0.25) is 10.3 Å². The first-order valence-corrected chi connectivity index (χ1v) is 11.3. The molecule has 1 aliphatic heterocycles.